The molecule has 1 N–H and O–H groups in total. The summed E-state index contributed by atoms with van der Waals surface area (Å²) in [5.74, 6) is 0.362. The summed E-state index contributed by atoms with van der Waals surface area (Å²) in [6.45, 7) is 4.31. The molecule has 1 heterocycles. The molecule has 0 fully saturated rings. The molecule has 20 heavy (non-hydrogen) atoms. The van der Waals surface area contributed by atoms with Crippen LogP contribution in [0.1, 0.15) is 18.3 Å². The number of halogens is 2. The van der Waals surface area contributed by atoms with Gasteiger partial charge in [-0.25, -0.2) is 13.8 Å². The lowest BCUT2D eigenvalue weighted by atomic mass is 10.2. The molecule has 6 heteroatoms. The Morgan fingerprint density at radius 3 is 2.70 bits per heavy atom. The number of anilines is 1. The molecule has 1 aromatic heterocycles. The van der Waals surface area contributed by atoms with Crippen molar-refractivity contribution in [2.24, 2.45) is 0 Å². The van der Waals surface area contributed by atoms with Crippen LogP contribution in [0.25, 0.3) is 0 Å². The Morgan fingerprint density at radius 2 is 2.00 bits per heavy atom. The number of aromatic nitrogens is 2. The molecule has 1 aromatic carbocycles. The van der Waals surface area contributed by atoms with Gasteiger partial charge < -0.3 is 10.1 Å². The summed E-state index contributed by atoms with van der Waals surface area (Å²) in [7, 11) is 0. The van der Waals surface area contributed by atoms with Gasteiger partial charge in [0.25, 0.3) is 0 Å². The number of benzene rings is 1. The molecule has 0 saturated heterocycles. The first-order valence-electron chi connectivity index (χ1n) is 6.24. The van der Waals surface area contributed by atoms with Gasteiger partial charge >= 0.3 is 0 Å². The van der Waals surface area contributed by atoms with Gasteiger partial charge in [0.2, 0.25) is 5.88 Å². The molecule has 0 aliphatic carbocycles. The number of rotatable bonds is 5. The van der Waals surface area contributed by atoms with E-state index in [9.17, 15) is 8.78 Å². The minimum Gasteiger partial charge on any atom is -0.478 e. The van der Waals surface area contributed by atoms with E-state index in [-0.39, 0.29) is 6.54 Å². The van der Waals surface area contributed by atoms with Crippen molar-refractivity contribution >= 4 is 5.82 Å². The van der Waals surface area contributed by atoms with Crippen LogP contribution >= 0.6 is 0 Å². The van der Waals surface area contributed by atoms with E-state index in [2.05, 4.69) is 15.3 Å². The molecule has 0 saturated carbocycles. The van der Waals surface area contributed by atoms with Gasteiger partial charge in [-0.05, 0) is 19.9 Å². The van der Waals surface area contributed by atoms with Crippen molar-refractivity contribution in [3.8, 4) is 5.88 Å². The van der Waals surface area contributed by atoms with Crippen LogP contribution in [-0.4, -0.2) is 16.6 Å². The third kappa shape index (κ3) is 3.63. The van der Waals surface area contributed by atoms with Crippen molar-refractivity contribution in [1.82, 2.24) is 9.97 Å². The van der Waals surface area contributed by atoms with Crippen molar-refractivity contribution < 1.29 is 13.5 Å². The van der Waals surface area contributed by atoms with Gasteiger partial charge in [0.05, 0.1) is 6.61 Å². The normalized spacial score (nSPS) is 10.4. The fourth-order valence-corrected chi connectivity index (χ4v) is 1.70. The van der Waals surface area contributed by atoms with Crippen LogP contribution in [0.5, 0.6) is 5.88 Å². The summed E-state index contributed by atoms with van der Waals surface area (Å²) < 4.78 is 31.6. The standard InChI is InChI=1S/C14H15F2N3O/c1-3-20-14-7-13(18-9(2)19-14)17-8-10-4-5-11(15)6-12(10)16/h4-7H,3,8H2,1-2H3,(H,17,18,19). The molecule has 0 aliphatic heterocycles. The monoisotopic (exact) mass is 279 g/mol. The zero-order chi connectivity index (χ0) is 14.5. The fraction of sp³-hybridized carbons (Fsp3) is 0.286. The van der Waals surface area contributed by atoms with Gasteiger partial charge in [-0.3, -0.25) is 0 Å². The van der Waals surface area contributed by atoms with E-state index in [0.717, 1.165) is 6.07 Å². The summed E-state index contributed by atoms with van der Waals surface area (Å²) in [5, 5.41) is 2.97. The fourth-order valence-electron chi connectivity index (χ4n) is 1.70. The van der Waals surface area contributed by atoms with Gasteiger partial charge in [0, 0.05) is 24.2 Å². The molecule has 0 bridgehead atoms. The highest BCUT2D eigenvalue weighted by molar-refractivity contribution is 5.39. The summed E-state index contributed by atoms with van der Waals surface area (Å²) in [6.07, 6.45) is 0. The van der Waals surface area contributed by atoms with Crippen LogP contribution in [0, 0.1) is 18.6 Å². The summed E-state index contributed by atoms with van der Waals surface area (Å²) in [5.41, 5.74) is 0.362. The SMILES string of the molecule is CCOc1cc(NCc2ccc(F)cc2F)nc(C)n1. The van der Waals surface area contributed by atoms with Crippen molar-refractivity contribution in [1.29, 1.82) is 0 Å². The lowest BCUT2D eigenvalue weighted by Crippen LogP contribution is -2.06. The number of nitrogens with one attached hydrogen (secondary N) is 1. The Bertz CT molecular complexity index is 605. The molecule has 0 radical (unpaired) electrons. The second-order valence-corrected chi connectivity index (χ2v) is 4.16. The van der Waals surface area contributed by atoms with Crippen LogP contribution in [0.4, 0.5) is 14.6 Å². The van der Waals surface area contributed by atoms with Crippen LogP contribution < -0.4 is 10.1 Å². The van der Waals surface area contributed by atoms with E-state index < -0.39 is 11.6 Å². The maximum absolute atomic E-state index is 13.5. The molecular weight excluding hydrogens is 264 g/mol. The van der Waals surface area contributed by atoms with E-state index in [4.69, 9.17) is 4.74 Å². The first-order valence-corrected chi connectivity index (χ1v) is 6.24. The molecule has 0 spiro atoms. The van der Waals surface area contributed by atoms with Gasteiger partial charge in [-0.15, -0.1) is 0 Å². The van der Waals surface area contributed by atoms with E-state index >= 15 is 0 Å². The predicted molar refractivity (Wildman–Crippen MR) is 71.6 cm³/mol. The second-order valence-electron chi connectivity index (χ2n) is 4.16. The summed E-state index contributed by atoms with van der Waals surface area (Å²) in [6, 6.07) is 5.11. The van der Waals surface area contributed by atoms with Crippen LogP contribution in [0.2, 0.25) is 0 Å². The molecule has 106 valence electrons. The molecule has 2 aromatic rings. The number of hydrogen-bond acceptors (Lipinski definition) is 4. The van der Waals surface area contributed by atoms with Gasteiger partial charge in [-0.2, -0.15) is 4.98 Å². The van der Waals surface area contributed by atoms with Crippen LogP contribution in [0.3, 0.4) is 0 Å². The third-order valence-corrected chi connectivity index (χ3v) is 2.58. The number of nitrogens with zero attached hydrogens (tertiary/aromatic N) is 2. The Hall–Kier alpha value is -2.24. The van der Waals surface area contributed by atoms with Crippen LogP contribution in [0.15, 0.2) is 24.3 Å². The smallest absolute Gasteiger partial charge is 0.218 e. The lowest BCUT2D eigenvalue weighted by Gasteiger charge is -2.09. The largest absolute Gasteiger partial charge is 0.478 e. The molecule has 0 atom stereocenters. The molecule has 0 aliphatic rings. The average Bonchev–Trinajstić information content (AvgIpc) is 2.37. The second kappa shape index (κ2) is 6.27. The van der Waals surface area contributed by atoms with E-state index in [0.29, 0.717) is 29.7 Å². The van der Waals surface area contributed by atoms with E-state index in [1.165, 1.54) is 12.1 Å². The molecule has 4 nitrogen and oxygen atoms in total. The highest BCUT2D eigenvalue weighted by Gasteiger charge is 2.06. The maximum atomic E-state index is 13.5. The molecule has 0 unspecified atom stereocenters. The quantitative estimate of drug-likeness (QED) is 0.913. The highest BCUT2D eigenvalue weighted by Crippen LogP contribution is 2.15. The molecule has 0 amide bonds. The van der Waals surface area contributed by atoms with Crippen LogP contribution in [-0.2, 0) is 6.54 Å². The molecule has 2 rings (SSSR count). The number of ether oxygens (including phenoxy) is 1. The van der Waals surface area contributed by atoms with Gasteiger partial charge in [-0.1, -0.05) is 6.07 Å². The third-order valence-electron chi connectivity index (χ3n) is 2.58. The Morgan fingerprint density at radius 1 is 1.20 bits per heavy atom. The van der Waals surface area contributed by atoms with Crippen molar-refractivity contribution in [3.63, 3.8) is 0 Å². The topological polar surface area (TPSA) is 47.0 Å². The van der Waals surface area contributed by atoms with Crippen molar-refractivity contribution in [2.75, 3.05) is 11.9 Å². The predicted octanol–water partition coefficient (Wildman–Crippen LogP) is 3.07. The van der Waals surface area contributed by atoms with Crippen molar-refractivity contribution in [3.05, 3.63) is 47.3 Å². The first kappa shape index (κ1) is 14.2. The minimum atomic E-state index is -0.595. The lowest BCUT2D eigenvalue weighted by molar-refractivity contribution is 0.325. The molecular formula is C14H15F2N3O. The van der Waals surface area contributed by atoms with Crippen molar-refractivity contribution in [2.45, 2.75) is 20.4 Å². The number of aryl methyl sites for hydroxylation is 1. The Kier molecular flexibility index (Phi) is 4.45. The highest BCUT2D eigenvalue weighted by atomic mass is 19.1. The van der Waals surface area contributed by atoms with Gasteiger partial charge in [0.15, 0.2) is 0 Å². The minimum absolute atomic E-state index is 0.203. The average molecular weight is 279 g/mol. The zero-order valence-corrected chi connectivity index (χ0v) is 11.3. The summed E-state index contributed by atoms with van der Waals surface area (Å²) in [4.78, 5) is 8.29. The Balaban J connectivity index is 2.10. The zero-order valence-electron chi connectivity index (χ0n) is 11.3. The van der Waals surface area contributed by atoms with E-state index in [1.807, 2.05) is 6.92 Å². The maximum Gasteiger partial charge on any atom is 0.218 e. The summed E-state index contributed by atoms with van der Waals surface area (Å²) >= 11 is 0. The van der Waals surface area contributed by atoms with E-state index in [1.54, 1.807) is 13.0 Å². The number of hydrogen-bond donors (Lipinski definition) is 1. The van der Waals surface area contributed by atoms with Gasteiger partial charge in [0.1, 0.15) is 23.3 Å². The first-order chi connectivity index (χ1) is 9.58. The Labute approximate surface area is 115 Å².